The van der Waals surface area contributed by atoms with Crippen LogP contribution >= 0.6 is 11.3 Å². The fraction of sp³-hybridized carbons (Fsp3) is 0.250. The molecule has 0 saturated heterocycles. The highest BCUT2D eigenvalue weighted by molar-refractivity contribution is 7.16. The molecule has 0 radical (unpaired) electrons. The second-order valence-corrected chi connectivity index (χ2v) is 6.13. The van der Waals surface area contributed by atoms with Gasteiger partial charge < -0.3 is 14.6 Å². The monoisotopic (exact) mass is 361 g/mol. The molecule has 0 aliphatic heterocycles. The number of benzene rings is 1. The number of rotatable bonds is 5. The molecule has 0 amide bonds. The van der Waals surface area contributed by atoms with E-state index in [1.54, 1.807) is 0 Å². The molecule has 0 saturated carbocycles. The van der Waals surface area contributed by atoms with Crippen molar-refractivity contribution < 1.29 is 19.4 Å². The summed E-state index contributed by atoms with van der Waals surface area (Å²) in [5.74, 6) is -0.541. The Morgan fingerprint density at radius 3 is 2.88 bits per heavy atom. The van der Waals surface area contributed by atoms with E-state index in [2.05, 4.69) is 10.1 Å². The summed E-state index contributed by atoms with van der Waals surface area (Å²) in [4.78, 5) is 28.9. The maximum absolute atomic E-state index is 12.1. The summed E-state index contributed by atoms with van der Waals surface area (Å²) in [5, 5.41) is 14.7. The van der Waals surface area contributed by atoms with E-state index in [-0.39, 0.29) is 23.5 Å². The number of hydrogen-bond acceptors (Lipinski definition) is 8. The number of carbonyl (C=O) groups is 1. The number of methoxy groups -OCH3 is 1. The normalized spacial score (nSPS) is 10.8. The Morgan fingerprint density at radius 1 is 1.36 bits per heavy atom. The van der Waals surface area contributed by atoms with Crippen LogP contribution in [0.1, 0.15) is 28.0 Å². The largest absolute Gasteiger partial charge is 0.507 e. The number of aryl methyl sites for hydroxylation is 1. The molecule has 8 nitrogen and oxygen atoms in total. The third-order valence-electron chi connectivity index (χ3n) is 3.42. The molecule has 2 aromatic heterocycles. The van der Waals surface area contributed by atoms with E-state index in [1.807, 2.05) is 6.92 Å². The molecule has 0 aliphatic rings. The van der Waals surface area contributed by atoms with Gasteiger partial charge in [-0.05, 0) is 24.6 Å². The lowest BCUT2D eigenvalue weighted by Gasteiger charge is -2.07. The number of hydrogen-bond donors (Lipinski definition) is 1. The van der Waals surface area contributed by atoms with Crippen molar-refractivity contribution in [3.63, 3.8) is 0 Å². The van der Waals surface area contributed by atoms with Crippen LogP contribution in [0.5, 0.6) is 11.5 Å². The Hall–Kier alpha value is -2.94. The summed E-state index contributed by atoms with van der Waals surface area (Å²) in [5.41, 5.74) is -0.0496. The third kappa shape index (κ3) is 3.45. The van der Waals surface area contributed by atoms with E-state index in [9.17, 15) is 14.7 Å². The number of aromatic hydroxyl groups is 1. The van der Waals surface area contributed by atoms with Crippen LogP contribution < -0.4 is 10.3 Å². The zero-order valence-electron chi connectivity index (χ0n) is 13.6. The van der Waals surface area contributed by atoms with Crippen molar-refractivity contribution in [3.05, 3.63) is 50.9 Å². The molecule has 25 heavy (non-hydrogen) atoms. The van der Waals surface area contributed by atoms with Gasteiger partial charge in [0, 0.05) is 6.07 Å². The van der Waals surface area contributed by atoms with Gasteiger partial charge in [0.25, 0.3) is 5.56 Å². The molecule has 2 heterocycles. The lowest BCUT2D eigenvalue weighted by atomic mass is 10.2. The summed E-state index contributed by atoms with van der Waals surface area (Å²) < 4.78 is 11.4. The first kappa shape index (κ1) is 16.9. The molecule has 3 aromatic rings. The lowest BCUT2D eigenvalue weighted by molar-refractivity contribution is 0.0464. The maximum Gasteiger partial charge on any atom is 0.342 e. The molecule has 0 atom stereocenters. The van der Waals surface area contributed by atoms with Crippen LogP contribution in [-0.4, -0.2) is 32.8 Å². The van der Waals surface area contributed by atoms with Gasteiger partial charge in [-0.1, -0.05) is 18.3 Å². The van der Waals surface area contributed by atoms with Crippen molar-refractivity contribution in [1.29, 1.82) is 0 Å². The van der Waals surface area contributed by atoms with Crippen LogP contribution in [0.3, 0.4) is 0 Å². The highest BCUT2D eigenvalue weighted by Gasteiger charge is 2.15. The first-order valence-electron chi connectivity index (χ1n) is 7.44. The minimum atomic E-state index is -0.739. The first-order chi connectivity index (χ1) is 12.0. The maximum atomic E-state index is 12.1. The van der Waals surface area contributed by atoms with Gasteiger partial charge in [0.15, 0.2) is 0 Å². The molecule has 0 unspecified atom stereocenters. The quantitative estimate of drug-likeness (QED) is 0.691. The number of phenols is 1. The minimum Gasteiger partial charge on any atom is -0.507 e. The average Bonchev–Trinajstić information content (AvgIpc) is 3.04. The van der Waals surface area contributed by atoms with Crippen molar-refractivity contribution in [2.24, 2.45) is 0 Å². The summed E-state index contributed by atoms with van der Waals surface area (Å²) in [6.07, 6.45) is 0.701. The van der Waals surface area contributed by atoms with Crippen LogP contribution in [0.2, 0.25) is 0 Å². The Labute approximate surface area is 146 Å². The summed E-state index contributed by atoms with van der Waals surface area (Å²) >= 11 is 1.31. The van der Waals surface area contributed by atoms with Crippen LogP contribution in [0.25, 0.3) is 4.96 Å². The first-order valence-corrected chi connectivity index (χ1v) is 8.26. The fourth-order valence-electron chi connectivity index (χ4n) is 2.14. The van der Waals surface area contributed by atoms with E-state index in [1.165, 1.54) is 47.2 Å². The molecule has 3 rings (SSSR count). The Kier molecular flexibility index (Phi) is 4.66. The van der Waals surface area contributed by atoms with Gasteiger partial charge >= 0.3 is 5.97 Å². The number of ether oxygens (including phenoxy) is 2. The molecule has 1 aromatic carbocycles. The highest BCUT2D eigenvalue weighted by atomic mass is 32.1. The number of aromatic nitrogens is 3. The molecule has 130 valence electrons. The lowest BCUT2D eigenvalue weighted by Crippen LogP contribution is -2.16. The van der Waals surface area contributed by atoms with Gasteiger partial charge in [-0.2, -0.15) is 9.61 Å². The second-order valence-electron chi connectivity index (χ2n) is 5.09. The van der Waals surface area contributed by atoms with Gasteiger partial charge in [-0.25, -0.2) is 9.78 Å². The predicted molar refractivity (Wildman–Crippen MR) is 90.3 cm³/mol. The number of nitrogens with zero attached hydrogens (tertiary/aromatic N) is 3. The molecule has 9 heteroatoms. The molecule has 0 aliphatic carbocycles. The Morgan fingerprint density at radius 2 is 2.16 bits per heavy atom. The van der Waals surface area contributed by atoms with Gasteiger partial charge in [0.05, 0.1) is 12.8 Å². The van der Waals surface area contributed by atoms with Crippen molar-refractivity contribution in [2.75, 3.05) is 7.11 Å². The fourth-order valence-corrected chi connectivity index (χ4v) is 2.99. The topological polar surface area (TPSA) is 103 Å². The van der Waals surface area contributed by atoms with Crippen LogP contribution in [0.4, 0.5) is 0 Å². The van der Waals surface area contributed by atoms with Crippen LogP contribution in [-0.2, 0) is 17.8 Å². The van der Waals surface area contributed by atoms with Gasteiger partial charge in [0.2, 0.25) is 4.96 Å². The van der Waals surface area contributed by atoms with Crippen molar-refractivity contribution in [1.82, 2.24) is 14.6 Å². The molecule has 0 spiro atoms. The van der Waals surface area contributed by atoms with Crippen LogP contribution in [0.15, 0.2) is 29.1 Å². The molecule has 0 fully saturated rings. The number of phenolic OH excluding ortho intramolecular Hbond substituents is 1. The van der Waals surface area contributed by atoms with E-state index in [4.69, 9.17) is 9.47 Å². The van der Waals surface area contributed by atoms with Crippen molar-refractivity contribution in [3.8, 4) is 11.5 Å². The zero-order chi connectivity index (χ0) is 18.0. The average molecular weight is 361 g/mol. The molecular formula is C16H15N3O5S. The molecule has 1 N–H and O–H groups in total. The minimum absolute atomic E-state index is 0.0248. The third-order valence-corrected chi connectivity index (χ3v) is 4.47. The van der Waals surface area contributed by atoms with E-state index in [0.717, 1.165) is 5.01 Å². The Bertz CT molecular complexity index is 995. The smallest absolute Gasteiger partial charge is 0.342 e. The van der Waals surface area contributed by atoms with Gasteiger partial charge in [0.1, 0.15) is 28.7 Å². The van der Waals surface area contributed by atoms with Gasteiger partial charge in [-0.3, -0.25) is 4.79 Å². The SMILES string of the molecule is CCc1nn2c(=O)cc(COC(=O)c3cc(OC)ccc3O)nc2s1. The molecular weight excluding hydrogens is 346 g/mol. The summed E-state index contributed by atoms with van der Waals surface area (Å²) in [6, 6.07) is 5.51. The van der Waals surface area contributed by atoms with E-state index < -0.39 is 5.97 Å². The number of esters is 1. The summed E-state index contributed by atoms with van der Waals surface area (Å²) in [6.45, 7) is 1.74. The zero-order valence-corrected chi connectivity index (χ0v) is 14.4. The summed E-state index contributed by atoms with van der Waals surface area (Å²) in [7, 11) is 1.45. The predicted octanol–water partition coefficient (Wildman–Crippen LogP) is 1.78. The Balaban J connectivity index is 1.80. The van der Waals surface area contributed by atoms with E-state index >= 15 is 0 Å². The van der Waals surface area contributed by atoms with Crippen LogP contribution in [0, 0.1) is 0 Å². The van der Waals surface area contributed by atoms with E-state index in [0.29, 0.717) is 22.8 Å². The van der Waals surface area contributed by atoms with Crippen molar-refractivity contribution >= 4 is 22.3 Å². The second kappa shape index (κ2) is 6.89. The number of carbonyl (C=O) groups excluding carboxylic acids is 1. The standard InChI is InChI=1S/C16H15N3O5S/c1-3-13-18-19-14(21)6-9(17-16(19)25-13)8-24-15(22)11-7-10(23-2)4-5-12(11)20/h4-7,20H,3,8H2,1-2H3. The number of fused-ring (bicyclic) bond motifs is 1. The highest BCUT2D eigenvalue weighted by Crippen LogP contribution is 2.23. The van der Waals surface area contributed by atoms with Crippen molar-refractivity contribution in [2.45, 2.75) is 20.0 Å². The van der Waals surface area contributed by atoms with Gasteiger partial charge in [-0.15, -0.1) is 0 Å². The molecule has 0 bridgehead atoms.